The lowest BCUT2D eigenvalue weighted by Gasteiger charge is -2.07. The number of hydrogen-bond acceptors (Lipinski definition) is 6. The molecule has 106 valence electrons. The maximum Gasteiger partial charge on any atom is 0.228 e. The highest BCUT2D eigenvalue weighted by Crippen LogP contribution is 2.19. The average Bonchev–Trinajstić information content (AvgIpc) is 3.01. The van der Waals surface area contributed by atoms with E-state index >= 15 is 0 Å². The Morgan fingerprint density at radius 1 is 1.14 bits per heavy atom. The van der Waals surface area contributed by atoms with Crippen molar-refractivity contribution in [3.05, 3.63) is 53.8 Å². The van der Waals surface area contributed by atoms with Crippen LogP contribution in [0.5, 0.6) is 0 Å². The first-order chi connectivity index (χ1) is 10.3. The fourth-order valence-electron chi connectivity index (χ4n) is 1.83. The summed E-state index contributed by atoms with van der Waals surface area (Å²) in [6.45, 7) is 0.615. The SMILES string of the molecule is Clc1cc(NCCc2ncno2)nc(-c2ccccc2)n1. The van der Waals surface area contributed by atoms with E-state index in [4.69, 9.17) is 16.1 Å². The lowest BCUT2D eigenvalue weighted by molar-refractivity contribution is 0.379. The van der Waals surface area contributed by atoms with Crippen LogP contribution < -0.4 is 5.32 Å². The Labute approximate surface area is 126 Å². The topological polar surface area (TPSA) is 76.7 Å². The van der Waals surface area contributed by atoms with Crippen LogP contribution in [0, 0.1) is 0 Å². The van der Waals surface area contributed by atoms with Gasteiger partial charge in [0.1, 0.15) is 11.0 Å². The summed E-state index contributed by atoms with van der Waals surface area (Å²) in [5, 5.41) is 7.12. The third kappa shape index (κ3) is 3.55. The van der Waals surface area contributed by atoms with Crippen LogP contribution in [-0.4, -0.2) is 26.7 Å². The fourth-order valence-corrected chi connectivity index (χ4v) is 2.01. The quantitative estimate of drug-likeness (QED) is 0.730. The molecule has 1 N–H and O–H groups in total. The summed E-state index contributed by atoms with van der Waals surface area (Å²) in [4.78, 5) is 12.6. The zero-order valence-corrected chi connectivity index (χ0v) is 11.8. The Kier molecular flexibility index (Phi) is 4.07. The van der Waals surface area contributed by atoms with Gasteiger partial charge in [0.05, 0.1) is 0 Å². The Morgan fingerprint density at radius 2 is 2.00 bits per heavy atom. The third-order valence-corrected chi connectivity index (χ3v) is 2.97. The molecule has 7 heteroatoms. The molecule has 0 saturated carbocycles. The summed E-state index contributed by atoms with van der Waals surface area (Å²) >= 11 is 6.05. The second kappa shape index (κ2) is 6.32. The third-order valence-electron chi connectivity index (χ3n) is 2.78. The summed E-state index contributed by atoms with van der Waals surface area (Å²) in [6, 6.07) is 11.4. The molecule has 0 amide bonds. The van der Waals surface area contributed by atoms with E-state index in [2.05, 4.69) is 25.4 Å². The summed E-state index contributed by atoms with van der Waals surface area (Å²) in [5.41, 5.74) is 0.917. The lowest BCUT2D eigenvalue weighted by Crippen LogP contribution is -2.07. The van der Waals surface area contributed by atoms with Crippen molar-refractivity contribution >= 4 is 17.4 Å². The van der Waals surface area contributed by atoms with Crippen LogP contribution in [0.3, 0.4) is 0 Å². The van der Waals surface area contributed by atoms with Gasteiger partial charge in [0.2, 0.25) is 5.89 Å². The van der Waals surface area contributed by atoms with Crippen LogP contribution in [0.1, 0.15) is 5.89 Å². The first kappa shape index (κ1) is 13.5. The van der Waals surface area contributed by atoms with Crippen LogP contribution in [0.15, 0.2) is 47.2 Å². The zero-order valence-electron chi connectivity index (χ0n) is 11.0. The lowest BCUT2D eigenvalue weighted by atomic mass is 10.2. The van der Waals surface area contributed by atoms with Crippen molar-refractivity contribution < 1.29 is 4.52 Å². The average molecular weight is 302 g/mol. The van der Waals surface area contributed by atoms with Crippen molar-refractivity contribution in [2.45, 2.75) is 6.42 Å². The molecule has 6 nitrogen and oxygen atoms in total. The molecule has 0 aliphatic rings. The van der Waals surface area contributed by atoms with Crippen molar-refractivity contribution in [3.63, 3.8) is 0 Å². The molecule has 1 aromatic carbocycles. The van der Waals surface area contributed by atoms with Crippen molar-refractivity contribution in [2.24, 2.45) is 0 Å². The molecule has 21 heavy (non-hydrogen) atoms. The van der Waals surface area contributed by atoms with E-state index in [1.54, 1.807) is 6.07 Å². The molecule has 0 radical (unpaired) electrons. The van der Waals surface area contributed by atoms with Gasteiger partial charge < -0.3 is 9.84 Å². The molecule has 0 bridgehead atoms. The molecule has 0 unspecified atom stereocenters. The van der Waals surface area contributed by atoms with E-state index in [-0.39, 0.29) is 0 Å². The van der Waals surface area contributed by atoms with Crippen LogP contribution in [0.25, 0.3) is 11.4 Å². The number of hydrogen-bond donors (Lipinski definition) is 1. The summed E-state index contributed by atoms with van der Waals surface area (Å²) in [5.74, 6) is 1.82. The van der Waals surface area contributed by atoms with Crippen molar-refractivity contribution in [1.82, 2.24) is 20.1 Å². The van der Waals surface area contributed by atoms with Crippen molar-refractivity contribution in [1.29, 1.82) is 0 Å². The smallest absolute Gasteiger partial charge is 0.228 e. The second-order valence-electron chi connectivity index (χ2n) is 4.28. The molecule has 0 spiro atoms. The minimum absolute atomic E-state index is 0.393. The van der Waals surface area contributed by atoms with E-state index in [0.717, 1.165) is 5.56 Å². The molecule has 3 aromatic rings. The van der Waals surface area contributed by atoms with Gasteiger partial charge in [0, 0.05) is 24.6 Å². The molecule has 2 heterocycles. The van der Waals surface area contributed by atoms with E-state index in [1.165, 1.54) is 6.33 Å². The fraction of sp³-hybridized carbons (Fsp3) is 0.143. The summed E-state index contributed by atoms with van der Waals surface area (Å²) in [7, 11) is 0. The van der Waals surface area contributed by atoms with Gasteiger partial charge in [-0.15, -0.1) is 0 Å². The largest absolute Gasteiger partial charge is 0.369 e. The van der Waals surface area contributed by atoms with Crippen molar-refractivity contribution in [3.8, 4) is 11.4 Å². The van der Waals surface area contributed by atoms with Gasteiger partial charge >= 0.3 is 0 Å². The molecule has 0 aliphatic carbocycles. The highest BCUT2D eigenvalue weighted by Gasteiger charge is 2.06. The normalized spacial score (nSPS) is 10.5. The predicted octanol–water partition coefficient (Wildman–Crippen LogP) is 2.83. The first-order valence-corrected chi connectivity index (χ1v) is 6.78. The molecule has 0 saturated heterocycles. The predicted molar refractivity (Wildman–Crippen MR) is 79.0 cm³/mol. The molecule has 0 fully saturated rings. The number of anilines is 1. The minimum atomic E-state index is 0.393. The highest BCUT2D eigenvalue weighted by molar-refractivity contribution is 6.29. The zero-order chi connectivity index (χ0) is 14.5. The maximum absolute atomic E-state index is 6.05. The van der Waals surface area contributed by atoms with E-state index < -0.39 is 0 Å². The number of nitrogens with one attached hydrogen (secondary N) is 1. The van der Waals surface area contributed by atoms with Crippen LogP contribution in [-0.2, 0) is 6.42 Å². The summed E-state index contributed by atoms with van der Waals surface area (Å²) in [6.07, 6.45) is 1.99. The van der Waals surface area contributed by atoms with E-state index in [0.29, 0.717) is 35.7 Å². The molecule has 0 aliphatic heterocycles. The molecule has 2 aromatic heterocycles. The van der Waals surface area contributed by atoms with Gasteiger partial charge in [-0.2, -0.15) is 4.98 Å². The Bertz CT molecular complexity index is 703. The Hall–Kier alpha value is -2.47. The van der Waals surface area contributed by atoms with Crippen LogP contribution in [0.2, 0.25) is 5.15 Å². The molecular formula is C14H12ClN5O. The van der Waals surface area contributed by atoms with Gasteiger partial charge in [-0.25, -0.2) is 9.97 Å². The number of nitrogens with zero attached hydrogens (tertiary/aromatic N) is 4. The van der Waals surface area contributed by atoms with Gasteiger partial charge in [0.15, 0.2) is 12.2 Å². The van der Waals surface area contributed by atoms with Gasteiger partial charge in [-0.1, -0.05) is 47.1 Å². The Balaban J connectivity index is 1.72. The minimum Gasteiger partial charge on any atom is -0.369 e. The van der Waals surface area contributed by atoms with Gasteiger partial charge in [0.25, 0.3) is 0 Å². The molecular weight excluding hydrogens is 290 g/mol. The van der Waals surface area contributed by atoms with E-state index in [1.807, 2.05) is 30.3 Å². The standard InChI is InChI=1S/C14H12ClN5O/c15-11-8-12(16-7-6-13-17-9-18-21-13)20-14(19-11)10-4-2-1-3-5-10/h1-5,8-9H,6-7H2,(H,16,19,20). The first-order valence-electron chi connectivity index (χ1n) is 6.41. The maximum atomic E-state index is 6.05. The molecule has 3 rings (SSSR count). The second-order valence-corrected chi connectivity index (χ2v) is 4.66. The van der Waals surface area contributed by atoms with Crippen LogP contribution in [0.4, 0.5) is 5.82 Å². The van der Waals surface area contributed by atoms with Gasteiger partial charge in [-0.05, 0) is 0 Å². The number of aromatic nitrogens is 4. The van der Waals surface area contributed by atoms with Gasteiger partial charge in [-0.3, -0.25) is 0 Å². The highest BCUT2D eigenvalue weighted by atomic mass is 35.5. The van der Waals surface area contributed by atoms with Crippen molar-refractivity contribution in [2.75, 3.05) is 11.9 Å². The number of rotatable bonds is 5. The number of benzene rings is 1. The number of halogens is 1. The van der Waals surface area contributed by atoms with Crippen LogP contribution >= 0.6 is 11.6 Å². The summed E-state index contributed by atoms with van der Waals surface area (Å²) < 4.78 is 4.93. The Morgan fingerprint density at radius 3 is 2.76 bits per heavy atom. The molecule has 0 atom stereocenters. The van der Waals surface area contributed by atoms with E-state index in [9.17, 15) is 0 Å². The monoisotopic (exact) mass is 301 g/mol.